The molecule has 0 aliphatic rings. The number of nitrogens with zero attached hydrogens (tertiary/aromatic N) is 2. The van der Waals surface area contributed by atoms with Gasteiger partial charge in [0, 0.05) is 38.0 Å². The standard InChI is InChI=1S/C18H23FN4O/c1-13(2)11-22-18(20-3)23-12-14-6-5-9-21-17(14)24-16-8-4-7-15(19)10-16/h4-10,13H,11-12H2,1-3H3,(H2,20,22,23). The van der Waals surface area contributed by atoms with E-state index in [1.807, 2.05) is 12.1 Å². The molecule has 0 unspecified atom stereocenters. The first-order valence-electron chi connectivity index (χ1n) is 7.90. The quantitative estimate of drug-likeness (QED) is 0.630. The summed E-state index contributed by atoms with van der Waals surface area (Å²) in [5.74, 6) is 1.74. The number of hydrogen-bond donors (Lipinski definition) is 2. The summed E-state index contributed by atoms with van der Waals surface area (Å²) in [6.45, 7) is 5.59. The van der Waals surface area contributed by atoms with E-state index in [1.165, 1.54) is 12.1 Å². The van der Waals surface area contributed by atoms with Crippen molar-refractivity contribution in [1.29, 1.82) is 0 Å². The number of aromatic nitrogens is 1. The van der Waals surface area contributed by atoms with E-state index < -0.39 is 0 Å². The summed E-state index contributed by atoms with van der Waals surface area (Å²) in [5, 5.41) is 6.47. The average Bonchev–Trinajstić information content (AvgIpc) is 2.56. The molecule has 0 atom stereocenters. The number of guanidine groups is 1. The van der Waals surface area contributed by atoms with Crippen LogP contribution in [-0.2, 0) is 6.54 Å². The Hall–Kier alpha value is -2.63. The van der Waals surface area contributed by atoms with Gasteiger partial charge in [0.2, 0.25) is 5.88 Å². The Kier molecular flexibility index (Phi) is 6.54. The zero-order valence-corrected chi connectivity index (χ0v) is 14.2. The Morgan fingerprint density at radius 1 is 1.25 bits per heavy atom. The number of nitrogens with one attached hydrogen (secondary N) is 2. The third-order valence-electron chi connectivity index (χ3n) is 3.21. The van der Waals surface area contributed by atoms with Crippen LogP contribution in [0.2, 0.25) is 0 Å². The fourth-order valence-corrected chi connectivity index (χ4v) is 1.99. The summed E-state index contributed by atoms with van der Waals surface area (Å²) in [4.78, 5) is 8.42. The van der Waals surface area contributed by atoms with Crippen molar-refractivity contribution in [3.8, 4) is 11.6 Å². The third kappa shape index (κ3) is 5.53. The molecular weight excluding hydrogens is 307 g/mol. The molecule has 6 heteroatoms. The number of aliphatic imine (C=N–C) groups is 1. The van der Waals surface area contributed by atoms with Crippen LogP contribution >= 0.6 is 0 Å². The van der Waals surface area contributed by atoms with E-state index in [1.54, 1.807) is 25.4 Å². The van der Waals surface area contributed by atoms with Gasteiger partial charge in [0.15, 0.2) is 5.96 Å². The van der Waals surface area contributed by atoms with Crippen LogP contribution in [0.5, 0.6) is 11.6 Å². The molecule has 24 heavy (non-hydrogen) atoms. The van der Waals surface area contributed by atoms with Crippen LogP contribution in [-0.4, -0.2) is 24.5 Å². The summed E-state index contributed by atoms with van der Waals surface area (Å²) >= 11 is 0. The number of ether oxygens (including phenoxy) is 1. The predicted octanol–water partition coefficient (Wildman–Crippen LogP) is 3.33. The molecule has 0 saturated carbocycles. The molecule has 1 aromatic carbocycles. The van der Waals surface area contributed by atoms with Crippen LogP contribution in [0.4, 0.5) is 4.39 Å². The molecule has 0 radical (unpaired) electrons. The second-order valence-electron chi connectivity index (χ2n) is 5.73. The molecule has 2 N–H and O–H groups in total. The highest BCUT2D eigenvalue weighted by Crippen LogP contribution is 2.23. The summed E-state index contributed by atoms with van der Waals surface area (Å²) in [7, 11) is 1.73. The second kappa shape index (κ2) is 8.86. The summed E-state index contributed by atoms with van der Waals surface area (Å²) in [5.41, 5.74) is 0.856. The summed E-state index contributed by atoms with van der Waals surface area (Å²) in [6, 6.07) is 9.73. The molecule has 0 aliphatic heterocycles. The van der Waals surface area contributed by atoms with Gasteiger partial charge in [-0.05, 0) is 24.1 Å². The van der Waals surface area contributed by atoms with Gasteiger partial charge in [0.25, 0.3) is 0 Å². The molecule has 0 aliphatic carbocycles. The molecule has 0 spiro atoms. The van der Waals surface area contributed by atoms with Gasteiger partial charge in [0.05, 0.1) is 0 Å². The number of hydrogen-bond acceptors (Lipinski definition) is 3. The Labute approximate surface area is 142 Å². The second-order valence-corrected chi connectivity index (χ2v) is 5.73. The topological polar surface area (TPSA) is 58.5 Å². The molecule has 0 amide bonds. The monoisotopic (exact) mass is 330 g/mol. The van der Waals surface area contributed by atoms with Gasteiger partial charge in [-0.25, -0.2) is 9.37 Å². The first kappa shape index (κ1) is 17.7. The minimum atomic E-state index is -0.346. The molecule has 0 bridgehead atoms. The van der Waals surface area contributed by atoms with E-state index in [9.17, 15) is 4.39 Å². The zero-order valence-electron chi connectivity index (χ0n) is 14.2. The van der Waals surface area contributed by atoms with Crippen LogP contribution in [0.3, 0.4) is 0 Å². The lowest BCUT2D eigenvalue weighted by Crippen LogP contribution is -2.38. The number of pyridine rings is 1. The third-order valence-corrected chi connectivity index (χ3v) is 3.21. The molecule has 2 rings (SSSR count). The first-order valence-corrected chi connectivity index (χ1v) is 7.90. The van der Waals surface area contributed by atoms with Gasteiger partial charge in [-0.15, -0.1) is 0 Å². The molecule has 128 valence electrons. The number of halogens is 1. The number of benzene rings is 1. The first-order chi connectivity index (χ1) is 11.6. The molecule has 1 aromatic heterocycles. The van der Waals surface area contributed by atoms with Crippen molar-refractivity contribution in [1.82, 2.24) is 15.6 Å². The SMILES string of the molecule is CN=C(NCc1cccnc1Oc1cccc(F)c1)NCC(C)C. The summed E-state index contributed by atoms with van der Waals surface area (Å²) < 4.78 is 19.0. The van der Waals surface area contributed by atoms with Gasteiger partial charge in [-0.1, -0.05) is 26.0 Å². The molecule has 0 fully saturated rings. The molecule has 2 aromatic rings. The minimum absolute atomic E-state index is 0.346. The van der Waals surface area contributed by atoms with E-state index in [2.05, 4.69) is 34.5 Å². The highest BCUT2D eigenvalue weighted by molar-refractivity contribution is 5.79. The lowest BCUT2D eigenvalue weighted by molar-refractivity contribution is 0.450. The van der Waals surface area contributed by atoms with Gasteiger partial charge in [-0.2, -0.15) is 0 Å². The Morgan fingerprint density at radius 3 is 2.79 bits per heavy atom. The zero-order chi connectivity index (χ0) is 17.4. The van der Waals surface area contributed by atoms with Crippen molar-refractivity contribution < 1.29 is 9.13 Å². The van der Waals surface area contributed by atoms with Gasteiger partial charge < -0.3 is 15.4 Å². The maximum absolute atomic E-state index is 13.3. The van der Waals surface area contributed by atoms with Gasteiger partial charge in [0.1, 0.15) is 11.6 Å². The molecule has 5 nitrogen and oxygen atoms in total. The van der Waals surface area contributed by atoms with Gasteiger partial charge >= 0.3 is 0 Å². The molecule has 1 heterocycles. The normalized spacial score (nSPS) is 11.5. The van der Waals surface area contributed by atoms with Crippen LogP contribution in [0.25, 0.3) is 0 Å². The van der Waals surface area contributed by atoms with E-state index in [0.29, 0.717) is 30.1 Å². The van der Waals surface area contributed by atoms with Crippen molar-refractivity contribution in [2.75, 3.05) is 13.6 Å². The smallest absolute Gasteiger partial charge is 0.224 e. The Balaban J connectivity index is 2.03. The Bertz CT molecular complexity index is 688. The van der Waals surface area contributed by atoms with Crippen LogP contribution in [0, 0.1) is 11.7 Å². The van der Waals surface area contributed by atoms with Crippen molar-refractivity contribution in [2.45, 2.75) is 20.4 Å². The number of rotatable bonds is 6. The van der Waals surface area contributed by atoms with Crippen LogP contribution in [0.15, 0.2) is 47.6 Å². The Morgan fingerprint density at radius 2 is 2.08 bits per heavy atom. The van der Waals surface area contributed by atoms with E-state index in [4.69, 9.17) is 4.74 Å². The maximum atomic E-state index is 13.3. The van der Waals surface area contributed by atoms with Crippen molar-refractivity contribution in [2.24, 2.45) is 10.9 Å². The average molecular weight is 330 g/mol. The maximum Gasteiger partial charge on any atom is 0.224 e. The van der Waals surface area contributed by atoms with Gasteiger partial charge in [-0.3, -0.25) is 4.99 Å². The minimum Gasteiger partial charge on any atom is -0.439 e. The highest BCUT2D eigenvalue weighted by Gasteiger charge is 2.08. The van der Waals surface area contributed by atoms with Crippen molar-refractivity contribution >= 4 is 5.96 Å². The van der Waals surface area contributed by atoms with E-state index in [-0.39, 0.29) is 5.82 Å². The lowest BCUT2D eigenvalue weighted by Gasteiger charge is -2.15. The predicted molar refractivity (Wildman–Crippen MR) is 93.8 cm³/mol. The van der Waals surface area contributed by atoms with Crippen molar-refractivity contribution in [3.63, 3.8) is 0 Å². The highest BCUT2D eigenvalue weighted by atomic mass is 19.1. The lowest BCUT2D eigenvalue weighted by atomic mass is 10.2. The molecular formula is C18H23FN4O. The molecule has 0 saturated heterocycles. The fraction of sp³-hybridized carbons (Fsp3) is 0.333. The van der Waals surface area contributed by atoms with Crippen LogP contribution in [0.1, 0.15) is 19.4 Å². The fourth-order valence-electron chi connectivity index (χ4n) is 1.99. The van der Waals surface area contributed by atoms with E-state index in [0.717, 1.165) is 12.1 Å². The van der Waals surface area contributed by atoms with Crippen LogP contribution < -0.4 is 15.4 Å². The van der Waals surface area contributed by atoms with Crippen molar-refractivity contribution in [3.05, 3.63) is 54.0 Å². The van der Waals surface area contributed by atoms with E-state index >= 15 is 0 Å². The summed E-state index contributed by atoms with van der Waals surface area (Å²) in [6.07, 6.45) is 1.64. The largest absolute Gasteiger partial charge is 0.439 e.